The molecule has 0 aliphatic heterocycles. The Kier molecular flexibility index (Phi) is 5.46. The number of nitriles is 1. The van der Waals surface area contributed by atoms with E-state index in [1.54, 1.807) is 32.2 Å². The second-order valence-electron chi connectivity index (χ2n) is 4.39. The molecule has 2 rings (SSSR count). The van der Waals surface area contributed by atoms with Crippen LogP contribution in [0.3, 0.4) is 0 Å². The Hall–Kier alpha value is -1.99. The highest BCUT2D eigenvalue weighted by molar-refractivity contribution is 7.59. The zero-order valence-corrected chi connectivity index (χ0v) is 13.4. The number of hydrogen-bond acceptors (Lipinski definition) is 5. The molecule has 1 heterocycles. The molecule has 0 atom stereocenters. The van der Waals surface area contributed by atoms with Crippen LogP contribution in [0, 0.1) is 11.3 Å². The van der Waals surface area contributed by atoms with Gasteiger partial charge in [0.15, 0.2) is 0 Å². The lowest BCUT2D eigenvalue weighted by Crippen LogP contribution is -1.98. The van der Waals surface area contributed by atoms with Crippen molar-refractivity contribution < 1.29 is 13.6 Å². The minimum absolute atomic E-state index is 0.00690. The molecule has 1 aromatic carbocycles. The van der Waals surface area contributed by atoms with Crippen molar-refractivity contribution in [1.82, 2.24) is 4.98 Å². The zero-order valence-electron chi connectivity index (χ0n) is 12.5. The molecule has 0 aliphatic rings. The lowest BCUT2D eigenvalue weighted by atomic mass is 10.1. The first-order valence-electron chi connectivity index (χ1n) is 7.00. The number of rotatable bonds is 6. The minimum atomic E-state index is -3.59. The summed E-state index contributed by atoms with van der Waals surface area (Å²) in [5.74, 6) is 0. The smallest absolute Gasteiger partial charge is 0.305 e. The normalized spacial score (nSPS) is 12.3. The summed E-state index contributed by atoms with van der Waals surface area (Å²) < 4.78 is 23.2. The Bertz CT molecular complexity index is 765. The van der Waals surface area contributed by atoms with Gasteiger partial charge in [0.1, 0.15) is 11.4 Å². The lowest BCUT2D eigenvalue weighted by molar-refractivity contribution is 0.227. The molecule has 0 amide bonds. The highest BCUT2D eigenvalue weighted by Crippen LogP contribution is 2.56. The first kappa shape index (κ1) is 16.4. The molecule has 5 nitrogen and oxygen atoms in total. The van der Waals surface area contributed by atoms with E-state index in [2.05, 4.69) is 4.98 Å². The zero-order chi connectivity index (χ0) is 16.0. The van der Waals surface area contributed by atoms with Gasteiger partial charge in [0.05, 0.1) is 18.7 Å². The van der Waals surface area contributed by atoms with E-state index >= 15 is 0 Å². The number of aromatic nitrogens is 1. The molecule has 0 fully saturated rings. The van der Waals surface area contributed by atoms with Crippen LogP contribution >= 0.6 is 7.60 Å². The summed E-state index contributed by atoms with van der Waals surface area (Å²) >= 11 is 0. The van der Waals surface area contributed by atoms with Crippen LogP contribution in [0.25, 0.3) is 17.0 Å². The van der Waals surface area contributed by atoms with Crippen molar-refractivity contribution >= 4 is 24.6 Å². The topological polar surface area (TPSA) is 72.2 Å². The second kappa shape index (κ2) is 7.33. The van der Waals surface area contributed by atoms with Crippen molar-refractivity contribution in [2.75, 3.05) is 13.2 Å². The average Bonchev–Trinajstić information content (AvgIpc) is 2.53. The monoisotopic (exact) mass is 316 g/mol. The van der Waals surface area contributed by atoms with E-state index in [0.717, 1.165) is 16.5 Å². The van der Waals surface area contributed by atoms with Crippen molar-refractivity contribution in [3.63, 3.8) is 0 Å². The Morgan fingerprint density at radius 3 is 2.59 bits per heavy atom. The van der Waals surface area contributed by atoms with Crippen LogP contribution in [-0.4, -0.2) is 18.2 Å². The summed E-state index contributed by atoms with van der Waals surface area (Å²) in [6.45, 7) is 3.83. The SMILES string of the molecule is CCOP(=O)(OCC)/C(C#N)=C/c1ccnc2ccccc12. The van der Waals surface area contributed by atoms with E-state index in [9.17, 15) is 9.83 Å². The molecule has 0 radical (unpaired) electrons. The molecule has 0 N–H and O–H groups in total. The summed E-state index contributed by atoms with van der Waals surface area (Å²) in [5.41, 5.74) is 1.55. The molecule has 1 aromatic heterocycles. The minimum Gasteiger partial charge on any atom is -0.305 e. The van der Waals surface area contributed by atoms with Gasteiger partial charge in [-0.2, -0.15) is 5.26 Å². The van der Waals surface area contributed by atoms with Gasteiger partial charge in [-0.1, -0.05) is 18.2 Å². The van der Waals surface area contributed by atoms with E-state index in [1.165, 1.54) is 0 Å². The molecule has 6 heteroatoms. The van der Waals surface area contributed by atoms with E-state index in [1.807, 2.05) is 30.3 Å². The third-order valence-corrected chi connectivity index (χ3v) is 5.00. The van der Waals surface area contributed by atoms with Gasteiger partial charge in [-0.3, -0.25) is 9.55 Å². The van der Waals surface area contributed by atoms with Crippen molar-refractivity contribution in [3.05, 3.63) is 47.4 Å². The van der Waals surface area contributed by atoms with Gasteiger partial charge in [-0.25, -0.2) is 0 Å². The maximum absolute atomic E-state index is 12.7. The first-order chi connectivity index (χ1) is 10.6. The molecule has 0 spiro atoms. The summed E-state index contributed by atoms with van der Waals surface area (Å²) in [6.07, 6.45) is 3.20. The fourth-order valence-corrected chi connectivity index (χ4v) is 3.53. The van der Waals surface area contributed by atoms with Crippen LogP contribution in [0.1, 0.15) is 19.4 Å². The maximum atomic E-state index is 12.7. The Balaban J connectivity index is 2.56. The highest BCUT2D eigenvalue weighted by Gasteiger charge is 2.30. The number of hydrogen-bond donors (Lipinski definition) is 0. The molecule has 2 aromatic rings. The van der Waals surface area contributed by atoms with E-state index in [0.29, 0.717) is 0 Å². The standard InChI is InChI=1S/C16H17N2O3P/c1-3-20-22(19,21-4-2)14(12-17)11-13-9-10-18-16-8-6-5-7-15(13)16/h5-11H,3-4H2,1-2H3/b14-11+. The summed E-state index contributed by atoms with van der Waals surface area (Å²) in [5, 5.41) is 10.2. The molecule has 0 aliphatic carbocycles. The molecule has 22 heavy (non-hydrogen) atoms. The van der Waals surface area contributed by atoms with Crippen LogP contribution in [-0.2, 0) is 13.6 Å². The number of fused-ring (bicyclic) bond motifs is 1. The van der Waals surface area contributed by atoms with Gasteiger partial charge in [-0.15, -0.1) is 0 Å². The first-order valence-corrected chi connectivity index (χ1v) is 8.54. The maximum Gasteiger partial charge on any atom is 0.371 e. The second-order valence-corrected chi connectivity index (χ2v) is 6.38. The summed E-state index contributed by atoms with van der Waals surface area (Å²) in [6, 6.07) is 11.3. The van der Waals surface area contributed by atoms with E-state index < -0.39 is 7.60 Å². The van der Waals surface area contributed by atoms with Gasteiger partial charge in [0.2, 0.25) is 0 Å². The van der Waals surface area contributed by atoms with Crippen LogP contribution in [0.15, 0.2) is 41.8 Å². The van der Waals surface area contributed by atoms with Gasteiger partial charge in [0.25, 0.3) is 0 Å². The fourth-order valence-electron chi connectivity index (χ4n) is 2.08. The predicted octanol–water partition coefficient (Wildman–Crippen LogP) is 4.37. The van der Waals surface area contributed by atoms with Gasteiger partial charge < -0.3 is 9.05 Å². The molecular formula is C16H17N2O3P. The number of nitrogens with zero attached hydrogens (tertiary/aromatic N) is 2. The van der Waals surface area contributed by atoms with Crippen molar-refractivity contribution in [3.8, 4) is 6.07 Å². The Morgan fingerprint density at radius 1 is 1.27 bits per heavy atom. The molecule has 0 saturated carbocycles. The average molecular weight is 316 g/mol. The summed E-state index contributed by atoms with van der Waals surface area (Å²) in [4.78, 5) is 4.27. The Labute approximate surface area is 129 Å². The van der Waals surface area contributed by atoms with Gasteiger partial charge in [0, 0.05) is 11.6 Å². The van der Waals surface area contributed by atoms with E-state index in [4.69, 9.17) is 9.05 Å². The molecule has 0 bridgehead atoms. The quantitative estimate of drug-likeness (QED) is 0.584. The molecular weight excluding hydrogens is 299 g/mol. The van der Waals surface area contributed by atoms with Gasteiger partial charge >= 0.3 is 7.60 Å². The largest absolute Gasteiger partial charge is 0.371 e. The third-order valence-electron chi connectivity index (χ3n) is 2.98. The van der Waals surface area contributed by atoms with E-state index in [-0.39, 0.29) is 18.5 Å². The Morgan fingerprint density at radius 2 is 1.95 bits per heavy atom. The predicted molar refractivity (Wildman–Crippen MR) is 86.2 cm³/mol. The van der Waals surface area contributed by atoms with Crippen LogP contribution in [0.4, 0.5) is 0 Å². The van der Waals surface area contributed by atoms with Crippen molar-refractivity contribution in [2.24, 2.45) is 0 Å². The van der Waals surface area contributed by atoms with Crippen LogP contribution in [0.2, 0.25) is 0 Å². The van der Waals surface area contributed by atoms with Crippen molar-refractivity contribution in [2.45, 2.75) is 13.8 Å². The van der Waals surface area contributed by atoms with Crippen molar-refractivity contribution in [1.29, 1.82) is 5.26 Å². The molecule has 0 saturated heterocycles. The molecule has 114 valence electrons. The number of benzene rings is 1. The number of para-hydroxylation sites is 1. The summed E-state index contributed by atoms with van der Waals surface area (Å²) in [7, 11) is -3.59. The number of allylic oxidation sites excluding steroid dienone is 1. The highest BCUT2D eigenvalue weighted by atomic mass is 31.2. The lowest BCUT2D eigenvalue weighted by Gasteiger charge is -2.16. The number of pyridine rings is 1. The van der Waals surface area contributed by atoms with Gasteiger partial charge in [-0.05, 0) is 37.6 Å². The molecule has 0 unspecified atom stereocenters. The fraction of sp³-hybridized carbons (Fsp3) is 0.250. The van der Waals surface area contributed by atoms with Crippen LogP contribution < -0.4 is 0 Å². The van der Waals surface area contributed by atoms with Crippen LogP contribution in [0.5, 0.6) is 0 Å². The third kappa shape index (κ3) is 3.42.